The molecule has 0 bridgehead atoms. The predicted molar refractivity (Wildman–Crippen MR) is 72.6 cm³/mol. The lowest BCUT2D eigenvalue weighted by Gasteiger charge is -2.26. The van der Waals surface area contributed by atoms with Gasteiger partial charge >= 0.3 is 0 Å². The number of aryl methyl sites for hydroxylation is 1. The topological polar surface area (TPSA) is 40.5 Å². The van der Waals surface area contributed by atoms with E-state index in [0.29, 0.717) is 6.42 Å². The number of aliphatic hydroxyl groups is 1. The quantitative estimate of drug-likeness (QED) is 0.868. The lowest BCUT2D eigenvalue weighted by atomic mass is 9.86. The van der Waals surface area contributed by atoms with Crippen LogP contribution < -0.4 is 0 Å². The van der Waals surface area contributed by atoms with Crippen molar-refractivity contribution in [3.63, 3.8) is 0 Å². The van der Waals surface area contributed by atoms with Gasteiger partial charge in [0.05, 0.1) is 5.60 Å². The normalized spacial score (nSPS) is 14.2. The molecule has 2 aromatic carbocycles. The first-order chi connectivity index (χ1) is 8.49. The van der Waals surface area contributed by atoms with Crippen LogP contribution in [0.15, 0.2) is 48.5 Å². The lowest BCUT2D eigenvalue weighted by molar-refractivity contribution is 0.0569. The van der Waals surface area contributed by atoms with Crippen LogP contribution >= 0.6 is 0 Å². The van der Waals surface area contributed by atoms with Gasteiger partial charge in [0.2, 0.25) is 0 Å². The van der Waals surface area contributed by atoms with Crippen molar-refractivity contribution in [1.82, 2.24) is 0 Å². The molecule has 1 unspecified atom stereocenters. The van der Waals surface area contributed by atoms with E-state index >= 15 is 0 Å². The van der Waals surface area contributed by atoms with Crippen molar-refractivity contribution in [2.45, 2.75) is 25.9 Å². The maximum absolute atomic E-state index is 10.6. The van der Waals surface area contributed by atoms with Crippen LogP contribution in [0, 0.1) is 6.92 Å². The Kier molecular flexibility index (Phi) is 3.39. The van der Waals surface area contributed by atoms with Crippen molar-refractivity contribution >= 4 is 0 Å². The summed E-state index contributed by atoms with van der Waals surface area (Å²) in [5, 5.41) is 19.9. The van der Waals surface area contributed by atoms with E-state index in [1.165, 1.54) is 0 Å². The van der Waals surface area contributed by atoms with Crippen molar-refractivity contribution in [3.8, 4) is 5.75 Å². The summed E-state index contributed by atoms with van der Waals surface area (Å²) in [6.45, 7) is 3.82. The summed E-state index contributed by atoms with van der Waals surface area (Å²) < 4.78 is 0. The minimum absolute atomic E-state index is 0.245. The summed E-state index contributed by atoms with van der Waals surface area (Å²) in [6.07, 6.45) is 0.526. The first-order valence-corrected chi connectivity index (χ1v) is 6.05. The number of benzene rings is 2. The van der Waals surface area contributed by atoms with Crippen molar-refractivity contribution in [1.29, 1.82) is 0 Å². The molecule has 0 aliphatic rings. The summed E-state index contributed by atoms with van der Waals surface area (Å²) >= 11 is 0. The van der Waals surface area contributed by atoms with Crippen LogP contribution in [-0.4, -0.2) is 10.2 Å². The largest absolute Gasteiger partial charge is 0.508 e. The highest BCUT2D eigenvalue weighted by Crippen LogP contribution is 2.28. The van der Waals surface area contributed by atoms with E-state index in [1.54, 1.807) is 12.1 Å². The molecule has 0 saturated carbocycles. The number of phenolic OH excluding ortho intramolecular Hbond substituents is 1. The van der Waals surface area contributed by atoms with Crippen LogP contribution in [0.2, 0.25) is 0 Å². The molecule has 0 aliphatic heterocycles. The Balaban J connectivity index is 2.27. The van der Waals surface area contributed by atoms with Crippen molar-refractivity contribution < 1.29 is 10.2 Å². The predicted octanol–water partition coefficient (Wildman–Crippen LogP) is 3.15. The first kappa shape index (κ1) is 12.7. The van der Waals surface area contributed by atoms with Gasteiger partial charge in [-0.25, -0.2) is 0 Å². The second-order valence-electron chi connectivity index (χ2n) is 4.93. The maximum Gasteiger partial charge on any atom is 0.115 e. The van der Waals surface area contributed by atoms with Gasteiger partial charge in [0.25, 0.3) is 0 Å². The Morgan fingerprint density at radius 1 is 1.00 bits per heavy atom. The van der Waals surface area contributed by atoms with Gasteiger partial charge in [-0.05, 0) is 42.7 Å². The standard InChI is InChI=1S/C16H18O2/c1-12-5-3-4-6-15(12)16(2,18)11-13-7-9-14(17)10-8-13/h3-10,17-18H,11H2,1-2H3. The third-order valence-corrected chi connectivity index (χ3v) is 3.21. The zero-order chi connectivity index (χ0) is 13.2. The number of phenols is 1. The molecule has 0 aliphatic carbocycles. The smallest absolute Gasteiger partial charge is 0.115 e. The van der Waals surface area contributed by atoms with E-state index in [4.69, 9.17) is 0 Å². The van der Waals surface area contributed by atoms with Crippen LogP contribution in [0.25, 0.3) is 0 Å². The third-order valence-electron chi connectivity index (χ3n) is 3.21. The maximum atomic E-state index is 10.6. The van der Waals surface area contributed by atoms with Crippen molar-refractivity contribution in [2.24, 2.45) is 0 Å². The van der Waals surface area contributed by atoms with Gasteiger partial charge in [0.15, 0.2) is 0 Å². The molecule has 2 nitrogen and oxygen atoms in total. The Bertz CT molecular complexity index is 527. The summed E-state index contributed by atoms with van der Waals surface area (Å²) in [5.41, 5.74) is 2.13. The molecule has 0 radical (unpaired) electrons. The number of rotatable bonds is 3. The molecule has 0 heterocycles. The van der Waals surface area contributed by atoms with Gasteiger partial charge in [0.1, 0.15) is 5.75 Å². The molecule has 2 N–H and O–H groups in total. The second-order valence-corrected chi connectivity index (χ2v) is 4.93. The fourth-order valence-electron chi connectivity index (χ4n) is 2.28. The zero-order valence-electron chi connectivity index (χ0n) is 10.7. The first-order valence-electron chi connectivity index (χ1n) is 6.05. The number of hydrogen-bond acceptors (Lipinski definition) is 2. The minimum Gasteiger partial charge on any atom is -0.508 e. The molecule has 2 rings (SSSR count). The molecule has 18 heavy (non-hydrogen) atoms. The summed E-state index contributed by atoms with van der Waals surface area (Å²) in [5.74, 6) is 0.245. The molecule has 2 heteroatoms. The number of hydrogen-bond donors (Lipinski definition) is 2. The van der Waals surface area contributed by atoms with Gasteiger partial charge in [-0.1, -0.05) is 36.4 Å². The van der Waals surface area contributed by atoms with E-state index in [9.17, 15) is 10.2 Å². The molecule has 0 saturated heterocycles. The van der Waals surface area contributed by atoms with E-state index in [-0.39, 0.29) is 5.75 Å². The highest BCUT2D eigenvalue weighted by Gasteiger charge is 2.24. The second kappa shape index (κ2) is 4.83. The number of aromatic hydroxyl groups is 1. The van der Waals surface area contributed by atoms with Crippen LogP contribution in [-0.2, 0) is 12.0 Å². The van der Waals surface area contributed by atoms with E-state index in [0.717, 1.165) is 16.7 Å². The lowest BCUT2D eigenvalue weighted by Crippen LogP contribution is -2.25. The van der Waals surface area contributed by atoms with Gasteiger partial charge in [0, 0.05) is 6.42 Å². The SMILES string of the molecule is Cc1ccccc1C(C)(O)Cc1ccc(O)cc1. The van der Waals surface area contributed by atoms with E-state index in [2.05, 4.69) is 0 Å². The zero-order valence-corrected chi connectivity index (χ0v) is 10.7. The minimum atomic E-state index is -0.900. The molecule has 0 amide bonds. The average molecular weight is 242 g/mol. The Hall–Kier alpha value is -1.80. The Morgan fingerprint density at radius 2 is 1.61 bits per heavy atom. The van der Waals surface area contributed by atoms with Crippen LogP contribution in [0.4, 0.5) is 0 Å². The van der Waals surface area contributed by atoms with E-state index in [1.807, 2.05) is 50.2 Å². The molecule has 0 spiro atoms. The highest BCUT2D eigenvalue weighted by atomic mass is 16.3. The molecular formula is C16H18O2. The van der Waals surface area contributed by atoms with Gasteiger partial charge < -0.3 is 10.2 Å². The van der Waals surface area contributed by atoms with Crippen LogP contribution in [0.5, 0.6) is 5.75 Å². The average Bonchev–Trinajstić information content (AvgIpc) is 2.32. The Labute approximate surface area is 108 Å². The van der Waals surface area contributed by atoms with Gasteiger partial charge in [-0.3, -0.25) is 0 Å². The summed E-state index contributed by atoms with van der Waals surface area (Å²) in [7, 11) is 0. The Morgan fingerprint density at radius 3 is 2.22 bits per heavy atom. The van der Waals surface area contributed by atoms with Gasteiger partial charge in [-0.15, -0.1) is 0 Å². The molecule has 0 aromatic heterocycles. The molecule has 0 fully saturated rings. The van der Waals surface area contributed by atoms with Crippen molar-refractivity contribution in [2.75, 3.05) is 0 Å². The van der Waals surface area contributed by atoms with Crippen LogP contribution in [0.3, 0.4) is 0 Å². The molecule has 1 atom stereocenters. The summed E-state index contributed by atoms with van der Waals surface area (Å²) in [6, 6.07) is 14.8. The molecular weight excluding hydrogens is 224 g/mol. The molecule has 94 valence electrons. The monoisotopic (exact) mass is 242 g/mol. The van der Waals surface area contributed by atoms with Crippen LogP contribution in [0.1, 0.15) is 23.6 Å². The fraction of sp³-hybridized carbons (Fsp3) is 0.250. The van der Waals surface area contributed by atoms with Gasteiger partial charge in [-0.2, -0.15) is 0 Å². The highest BCUT2D eigenvalue weighted by molar-refractivity contribution is 5.34. The van der Waals surface area contributed by atoms with E-state index < -0.39 is 5.60 Å². The molecule has 2 aromatic rings. The third kappa shape index (κ3) is 2.71. The summed E-state index contributed by atoms with van der Waals surface area (Å²) in [4.78, 5) is 0. The fourth-order valence-corrected chi connectivity index (χ4v) is 2.28. The van der Waals surface area contributed by atoms with Crippen molar-refractivity contribution in [3.05, 3.63) is 65.2 Å².